The maximum absolute atomic E-state index is 13.0. The standard InChI is InChI=1S/C19H20F3NO4/c1-25-15-9-8-13(16(26-2)17(15)27-3)18(24)23-11-10-12-6-4-5-7-14(12)19(20,21)22/h4-9H,10-11H2,1-3H3,(H,23,24). The van der Waals surface area contributed by atoms with Gasteiger partial charge in [-0.05, 0) is 30.2 Å². The Morgan fingerprint density at radius 3 is 2.22 bits per heavy atom. The molecule has 1 amide bonds. The highest BCUT2D eigenvalue weighted by Gasteiger charge is 2.32. The van der Waals surface area contributed by atoms with E-state index in [4.69, 9.17) is 14.2 Å². The first kappa shape index (κ1) is 20.4. The number of methoxy groups -OCH3 is 3. The van der Waals surface area contributed by atoms with Gasteiger partial charge in [0.1, 0.15) is 0 Å². The minimum atomic E-state index is -4.44. The molecule has 0 fully saturated rings. The molecular weight excluding hydrogens is 363 g/mol. The number of nitrogens with one attached hydrogen (secondary N) is 1. The van der Waals surface area contributed by atoms with Crippen molar-refractivity contribution in [3.05, 3.63) is 53.1 Å². The van der Waals surface area contributed by atoms with Crippen molar-refractivity contribution in [2.75, 3.05) is 27.9 Å². The van der Waals surface area contributed by atoms with E-state index < -0.39 is 17.6 Å². The van der Waals surface area contributed by atoms with Crippen LogP contribution in [0.15, 0.2) is 36.4 Å². The molecule has 0 bridgehead atoms. The van der Waals surface area contributed by atoms with Gasteiger partial charge in [0.25, 0.3) is 5.91 Å². The lowest BCUT2D eigenvalue weighted by Crippen LogP contribution is -2.27. The van der Waals surface area contributed by atoms with E-state index in [1.54, 1.807) is 6.07 Å². The van der Waals surface area contributed by atoms with Crippen LogP contribution in [0.5, 0.6) is 17.2 Å². The van der Waals surface area contributed by atoms with E-state index in [9.17, 15) is 18.0 Å². The van der Waals surface area contributed by atoms with Crippen molar-refractivity contribution in [2.45, 2.75) is 12.6 Å². The normalized spacial score (nSPS) is 11.0. The van der Waals surface area contributed by atoms with Crippen molar-refractivity contribution in [1.29, 1.82) is 0 Å². The molecule has 0 aromatic heterocycles. The highest BCUT2D eigenvalue weighted by molar-refractivity contribution is 5.98. The van der Waals surface area contributed by atoms with Gasteiger partial charge < -0.3 is 19.5 Å². The maximum Gasteiger partial charge on any atom is 0.416 e. The zero-order valence-corrected chi connectivity index (χ0v) is 15.1. The van der Waals surface area contributed by atoms with Crippen LogP contribution in [-0.4, -0.2) is 33.8 Å². The van der Waals surface area contributed by atoms with Gasteiger partial charge in [-0.25, -0.2) is 0 Å². The van der Waals surface area contributed by atoms with Crippen molar-refractivity contribution in [2.24, 2.45) is 0 Å². The Morgan fingerprint density at radius 1 is 0.963 bits per heavy atom. The first-order chi connectivity index (χ1) is 12.8. The summed E-state index contributed by atoms with van der Waals surface area (Å²) in [5, 5.41) is 2.61. The Balaban J connectivity index is 2.14. The summed E-state index contributed by atoms with van der Waals surface area (Å²) in [7, 11) is 4.25. The monoisotopic (exact) mass is 383 g/mol. The van der Waals surface area contributed by atoms with Gasteiger partial charge in [0, 0.05) is 6.54 Å². The van der Waals surface area contributed by atoms with E-state index in [2.05, 4.69) is 5.32 Å². The van der Waals surface area contributed by atoms with Gasteiger partial charge in [-0.2, -0.15) is 13.2 Å². The second-order valence-corrected chi connectivity index (χ2v) is 5.54. The van der Waals surface area contributed by atoms with Crippen molar-refractivity contribution in [3.8, 4) is 17.2 Å². The Labute approximate surface area is 155 Å². The summed E-state index contributed by atoms with van der Waals surface area (Å²) >= 11 is 0. The number of hydrogen-bond acceptors (Lipinski definition) is 4. The molecule has 0 radical (unpaired) electrons. The topological polar surface area (TPSA) is 56.8 Å². The number of carbonyl (C=O) groups is 1. The van der Waals surface area contributed by atoms with Crippen molar-refractivity contribution in [1.82, 2.24) is 5.32 Å². The highest BCUT2D eigenvalue weighted by atomic mass is 19.4. The lowest BCUT2D eigenvalue weighted by Gasteiger charge is -2.16. The molecular formula is C19H20F3NO4. The Bertz CT molecular complexity index is 806. The lowest BCUT2D eigenvalue weighted by atomic mass is 10.0. The second kappa shape index (κ2) is 8.66. The van der Waals surface area contributed by atoms with Gasteiger partial charge in [0.15, 0.2) is 11.5 Å². The van der Waals surface area contributed by atoms with Crippen LogP contribution in [0.4, 0.5) is 13.2 Å². The van der Waals surface area contributed by atoms with Gasteiger partial charge in [0.05, 0.1) is 32.5 Å². The predicted molar refractivity (Wildman–Crippen MR) is 93.6 cm³/mol. The van der Waals surface area contributed by atoms with E-state index >= 15 is 0 Å². The van der Waals surface area contributed by atoms with E-state index in [0.29, 0.717) is 5.75 Å². The number of amides is 1. The summed E-state index contributed by atoms with van der Waals surface area (Å²) in [5.74, 6) is 0.349. The van der Waals surface area contributed by atoms with Crippen LogP contribution in [0.25, 0.3) is 0 Å². The lowest BCUT2D eigenvalue weighted by molar-refractivity contribution is -0.138. The van der Waals surface area contributed by atoms with E-state index in [1.165, 1.54) is 45.6 Å². The van der Waals surface area contributed by atoms with Crippen molar-refractivity contribution in [3.63, 3.8) is 0 Å². The molecule has 0 heterocycles. The summed E-state index contributed by atoms with van der Waals surface area (Å²) in [6.07, 6.45) is -4.40. The highest BCUT2D eigenvalue weighted by Crippen LogP contribution is 2.39. The Morgan fingerprint density at radius 2 is 1.63 bits per heavy atom. The van der Waals surface area contributed by atoms with Crippen LogP contribution in [0.2, 0.25) is 0 Å². The van der Waals surface area contributed by atoms with Crippen LogP contribution < -0.4 is 19.5 Å². The Hall–Kier alpha value is -2.90. The van der Waals surface area contributed by atoms with E-state index in [-0.39, 0.29) is 35.6 Å². The van der Waals surface area contributed by atoms with Crippen molar-refractivity contribution >= 4 is 5.91 Å². The molecule has 1 N–H and O–H groups in total. The molecule has 0 aliphatic carbocycles. The largest absolute Gasteiger partial charge is 0.493 e. The summed E-state index contributed by atoms with van der Waals surface area (Å²) in [6.45, 7) is 0.0312. The average molecular weight is 383 g/mol. The van der Waals surface area contributed by atoms with Gasteiger partial charge in [-0.15, -0.1) is 0 Å². The van der Waals surface area contributed by atoms with E-state index in [1.807, 2.05) is 0 Å². The smallest absolute Gasteiger partial charge is 0.416 e. The zero-order valence-electron chi connectivity index (χ0n) is 15.1. The quantitative estimate of drug-likeness (QED) is 0.792. The summed E-state index contributed by atoms with van der Waals surface area (Å²) in [6, 6.07) is 8.33. The molecule has 0 aliphatic rings. The van der Waals surface area contributed by atoms with Gasteiger partial charge in [-0.1, -0.05) is 18.2 Å². The molecule has 0 unspecified atom stereocenters. The van der Waals surface area contributed by atoms with Gasteiger partial charge in [0.2, 0.25) is 5.75 Å². The number of rotatable bonds is 7. The minimum absolute atomic E-state index is 0.0312. The molecule has 0 atom stereocenters. The molecule has 2 rings (SSSR count). The van der Waals surface area contributed by atoms with Crippen molar-refractivity contribution < 1.29 is 32.2 Å². The third-order valence-electron chi connectivity index (χ3n) is 3.95. The molecule has 0 saturated heterocycles. The SMILES string of the molecule is COc1ccc(C(=O)NCCc2ccccc2C(F)(F)F)c(OC)c1OC. The first-order valence-corrected chi connectivity index (χ1v) is 8.05. The van der Waals surface area contributed by atoms with Crippen LogP contribution in [0, 0.1) is 0 Å². The second-order valence-electron chi connectivity index (χ2n) is 5.54. The number of benzene rings is 2. The third-order valence-corrected chi connectivity index (χ3v) is 3.95. The van der Waals surface area contributed by atoms with Crippen LogP contribution in [0.3, 0.4) is 0 Å². The molecule has 27 heavy (non-hydrogen) atoms. The first-order valence-electron chi connectivity index (χ1n) is 8.05. The number of ether oxygens (including phenoxy) is 3. The fourth-order valence-electron chi connectivity index (χ4n) is 2.70. The van der Waals surface area contributed by atoms with Gasteiger partial charge >= 0.3 is 6.18 Å². The third kappa shape index (κ3) is 4.64. The molecule has 5 nitrogen and oxygen atoms in total. The molecule has 2 aromatic carbocycles. The molecule has 0 spiro atoms. The van der Waals surface area contributed by atoms with Gasteiger partial charge in [-0.3, -0.25) is 4.79 Å². The molecule has 146 valence electrons. The molecule has 8 heteroatoms. The maximum atomic E-state index is 13.0. The summed E-state index contributed by atoms with van der Waals surface area (Å²) < 4.78 is 54.7. The van der Waals surface area contributed by atoms with Crippen LogP contribution in [0.1, 0.15) is 21.5 Å². The zero-order chi connectivity index (χ0) is 20.0. The fraction of sp³-hybridized carbons (Fsp3) is 0.316. The summed E-state index contributed by atoms with van der Waals surface area (Å²) in [4.78, 5) is 12.5. The Kier molecular flexibility index (Phi) is 6.55. The van der Waals surface area contributed by atoms with Crippen LogP contribution in [-0.2, 0) is 12.6 Å². The van der Waals surface area contributed by atoms with E-state index in [0.717, 1.165) is 6.07 Å². The van der Waals surface area contributed by atoms with Crippen LogP contribution >= 0.6 is 0 Å². The number of alkyl halides is 3. The number of hydrogen-bond donors (Lipinski definition) is 1. The number of halogens is 3. The molecule has 0 saturated carbocycles. The fourth-order valence-corrected chi connectivity index (χ4v) is 2.70. The molecule has 2 aromatic rings. The number of carbonyl (C=O) groups excluding carboxylic acids is 1. The molecule has 0 aliphatic heterocycles. The summed E-state index contributed by atoms with van der Waals surface area (Å²) in [5.41, 5.74) is -0.397. The predicted octanol–water partition coefficient (Wildman–Crippen LogP) is 3.70. The average Bonchev–Trinajstić information content (AvgIpc) is 2.65. The minimum Gasteiger partial charge on any atom is -0.493 e.